The maximum Gasteiger partial charge on any atom is 0.324 e. The van der Waals surface area contributed by atoms with E-state index in [0.717, 1.165) is 11.1 Å². The van der Waals surface area contributed by atoms with E-state index in [9.17, 15) is 19.5 Å². The van der Waals surface area contributed by atoms with Crippen LogP contribution in [0.25, 0.3) is 0 Å². The molecule has 1 atom stereocenters. The molecular formula is C15H22O6. The van der Waals surface area contributed by atoms with Crippen molar-refractivity contribution in [3.8, 4) is 0 Å². The summed E-state index contributed by atoms with van der Waals surface area (Å²) >= 11 is 0. The van der Waals surface area contributed by atoms with Crippen molar-refractivity contribution in [2.24, 2.45) is 11.3 Å². The summed E-state index contributed by atoms with van der Waals surface area (Å²) in [5, 5.41) is 9.47. The molecule has 0 radical (unpaired) electrons. The fourth-order valence-corrected chi connectivity index (χ4v) is 2.68. The molecule has 1 aliphatic carbocycles. The third kappa shape index (κ3) is 3.09. The Bertz CT molecular complexity index is 459. The van der Waals surface area contributed by atoms with E-state index in [1.54, 1.807) is 20.8 Å². The largest absolute Gasteiger partial charge is 0.481 e. The van der Waals surface area contributed by atoms with Gasteiger partial charge in [0.2, 0.25) is 0 Å². The quantitative estimate of drug-likeness (QED) is 0.474. The molecule has 0 aromatic carbocycles. The summed E-state index contributed by atoms with van der Waals surface area (Å²) in [5.74, 6) is -3.99. The number of rotatable bonds is 5. The molecule has 0 aromatic heterocycles. The van der Waals surface area contributed by atoms with Crippen molar-refractivity contribution in [2.75, 3.05) is 13.2 Å². The summed E-state index contributed by atoms with van der Waals surface area (Å²) in [6.07, 6.45) is 0.159. The average molecular weight is 298 g/mol. The van der Waals surface area contributed by atoms with Crippen LogP contribution in [-0.2, 0) is 23.9 Å². The summed E-state index contributed by atoms with van der Waals surface area (Å²) in [5.41, 5.74) is -0.0817. The molecule has 0 bridgehead atoms. The van der Waals surface area contributed by atoms with E-state index in [1.807, 2.05) is 6.92 Å². The van der Waals surface area contributed by atoms with E-state index in [0.29, 0.717) is 0 Å². The highest BCUT2D eigenvalue weighted by molar-refractivity contribution is 6.04. The Hall–Kier alpha value is -1.85. The van der Waals surface area contributed by atoms with Crippen LogP contribution in [0.1, 0.15) is 40.5 Å². The Morgan fingerprint density at radius 3 is 1.95 bits per heavy atom. The summed E-state index contributed by atoms with van der Waals surface area (Å²) in [6.45, 7) is 6.99. The van der Waals surface area contributed by atoms with Crippen LogP contribution in [0, 0.1) is 11.3 Å². The molecule has 6 nitrogen and oxygen atoms in total. The molecule has 0 aliphatic heterocycles. The third-order valence-corrected chi connectivity index (χ3v) is 3.96. The van der Waals surface area contributed by atoms with Crippen LogP contribution in [0.4, 0.5) is 0 Å². The molecule has 0 unspecified atom stereocenters. The van der Waals surface area contributed by atoms with Crippen LogP contribution < -0.4 is 0 Å². The highest BCUT2D eigenvalue weighted by Crippen LogP contribution is 2.46. The topological polar surface area (TPSA) is 89.9 Å². The van der Waals surface area contributed by atoms with Gasteiger partial charge in [-0.15, -0.1) is 0 Å². The van der Waals surface area contributed by atoms with Crippen LogP contribution in [0.2, 0.25) is 0 Å². The molecule has 1 N–H and O–H groups in total. The van der Waals surface area contributed by atoms with Gasteiger partial charge >= 0.3 is 17.9 Å². The number of ether oxygens (including phenoxy) is 2. The van der Waals surface area contributed by atoms with E-state index < -0.39 is 29.2 Å². The predicted molar refractivity (Wildman–Crippen MR) is 74.4 cm³/mol. The number of aliphatic carboxylic acids is 1. The van der Waals surface area contributed by atoms with Crippen LogP contribution >= 0.6 is 0 Å². The first-order valence-electron chi connectivity index (χ1n) is 7.03. The van der Waals surface area contributed by atoms with Gasteiger partial charge < -0.3 is 14.6 Å². The van der Waals surface area contributed by atoms with Crippen molar-refractivity contribution >= 4 is 17.9 Å². The molecule has 1 rings (SSSR count). The lowest BCUT2D eigenvalue weighted by Crippen LogP contribution is -2.52. The molecule has 118 valence electrons. The SMILES string of the molecule is CCOC(=O)C1(C(=O)OCC)CC(C)=C(C)C[C@@H]1C(=O)O. The fourth-order valence-electron chi connectivity index (χ4n) is 2.68. The zero-order valence-corrected chi connectivity index (χ0v) is 12.9. The van der Waals surface area contributed by atoms with E-state index in [4.69, 9.17) is 9.47 Å². The van der Waals surface area contributed by atoms with Gasteiger partial charge in [-0.3, -0.25) is 14.4 Å². The summed E-state index contributed by atoms with van der Waals surface area (Å²) in [7, 11) is 0. The van der Waals surface area contributed by atoms with E-state index in [2.05, 4.69) is 0 Å². The van der Waals surface area contributed by atoms with Crippen molar-refractivity contribution in [1.82, 2.24) is 0 Å². The van der Waals surface area contributed by atoms with Gasteiger partial charge in [-0.25, -0.2) is 0 Å². The average Bonchev–Trinajstić information content (AvgIpc) is 2.41. The second kappa shape index (κ2) is 6.74. The van der Waals surface area contributed by atoms with Gasteiger partial charge in [-0.1, -0.05) is 11.1 Å². The molecule has 0 aromatic rings. The molecule has 1 aliphatic rings. The summed E-state index contributed by atoms with van der Waals surface area (Å²) in [4.78, 5) is 36.4. The molecule has 0 heterocycles. The molecule has 0 fully saturated rings. The van der Waals surface area contributed by atoms with Gasteiger partial charge in [0.25, 0.3) is 0 Å². The maximum absolute atomic E-state index is 12.4. The van der Waals surface area contributed by atoms with E-state index in [1.165, 1.54) is 0 Å². The molecule has 6 heteroatoms. The van der Waals surface area contributed by atoms with Crippen LogP contribution in [0.3, 0.4) is 0 Å². The van der Waals surface area contributed by atoms with Gasteiger partial charge in [0.1, 0.15) is 0 Å². The van der Waals surface area contributed by atoms with Crippen molar-refractivity contribution in [3.63, 3.8) is 0 Å². The van der Waals surface area contributed by atoms with Crippen molar-refractivity contribution in [2.45, 2.75) is 40.5 Å². The lowest BCUT2D eigenvalue weighted by Gasteiger charge is -2.38. The normalized spacial score (nSPS) is 20.9. The number of carbonyl (C=O) groups is 3. The van der Waals surface area contributed by atoms with Gasteiger partial charge in [-0.05, 0) is 40.5 Å². The third-order valence-electron chi connectivity index (χ3n) is 3.96. The zero-order chi connectivity index (χ0) is 16.2. The van der Waals surface area contributed by atoms with E-state index >= 15 is 0 Å². The van der Waals surface area contributed by atoms with Crippen molar-refractivity contribution in [3.05, 3.63) is 11.1 Å². The molecule has 0 saturated heterocycles. The monoisotopic (exact) mass is 298 g/mol. The smallest absolute Gasteiger partial charge is 0.324 e. The summed E-state index contributed by atoms with van der Waals surface area (Å²) in [6, 6.07) is 0. The number of allylic oxidation sites excluding steroid dienone is 2. The number of carboxylic acid groups (broad SMARTS) is 1. The Kier molecular flexibility index (Phi) is 5.52. The first kappa shape index (κ1) is 17.2. The minimum Gasteiger partial charge on any atom is -0.481 e. The van der Waals surface area contributed by atoms with Gasteiger partial charge in [0.05, 0.1) is 19.1 Å². The van der Waals surface area contributed by atoms with E-state index in [-0.39, 0.29) is 26.1 Å². The second-order valence-corrected chi connectivity index (χ2v) is 5.24. The maximum atomic E-state index is 12.4. The standard InChI is InChI=1S/C15H22O6/c1-5-20-13(18)15(14(19)21-6-2)8-10(4)9(3)7-11(15)12(16)17/h11H,5-8H2,1-4H3,(H,16,17)/t11-/m1/s1. The number of carboxylic acids is 1. The predicted octanol–water partition coefficient (Wildman–Crippen LogP) is 1.93. The Labute approximate surface area is 124 Å². The number of carbonyl (C=O) groups excluding carboxylic acids is 2. The number of hydrogen-bond acceptors (Lipinski definition) is 5. The summed E-state index contributed by atoms with van der Waals surface area (Å²) < 4.78 is 9.98. The molecule has 0 saturated carbocycles. The number of esters is 2. The van der Waals surface area contributed by atoms with Crippen LogP contribution in [0.15, 0.2) is 11.1 Å². The second-order valence-electron chi connectivity index (χ2n) is 5.24. The highest BCUT2D eigenvalue weighted by atomic mass is 16.6. The van der Waals surface area contributed by atoms with Gasteiger partial charge in [0, 0.05) is 0 Å². The van der Waals surface area contributed by atoms with Gasteiger partial charge in [0.15, 0.2) is 5.41 Å². The minimum absolute atomic E-state index is 0.0213. The number of hydrogen-bond donors (Lipinski definition) is 1. The lowest BCUT2D eigenvalue weighted by molar-refractivity contribution is -0.183. The molecular weight excluding hydrogens is 276 g/mol. The van der Waals surface area contributed by atoms with Crippen molar-refractivity contribution in [1.29, 1.82) is 0 Å². The zero-order valence-electron chi connectivity index (χ0n) is 12.9. The Morgan fingerprint density at radius 2 is 1.57 bits per heavy atom. The molecule has 0 spiro atoms. The first-order valence-corrected chi connectivity index (χ1v) is 7.03. The van der Waals surface area contributed by atoms with Crippen LogP contribution in [-0.4, -0.2) is 36.2 Å². The highest BCUT2D eigenvalue weighted by Gasteiger charge is 2.59. The minimum atomic E-state index is -1.79. The molecule has 0 amide bonds. The fraction of sp³-hybridized carbons (Fsp3) is 0.667. The Morgan fingerprint density at radius 1 is 1.10 bits per heavy atom. The van der Waals surface area contributed by atoms with Crippen LogP contribution in [0.5, 0.6) is 0 Å². The molecule has 21 heavy (non-hydrogen) atoms. The Balaban J connectivity index is 3.40. The van der Waals surface area contributed by atoms with Gasteiger partial charge in [-0.2, -0.15) is 0 Å². The van der Waals surface area contributed by atoms with Crippen molar-refractivity contribution < 1.29 is 29.0 Å². The lowest BCUT2D eigenvalue weighted by atomic mass is 9.64. The first-order chi connectivity index (χ1) is 9.81.